The summed E-state index contributed by atoms with van der Waals surface area (Å²) in [6, 6.07) is 54.7. The maximum atomic E-state index is 6.63. The molecule has 0 saturated heterocycles. The van der Waals surface area contributed by atoms with Crippen LogP contribution in [0.15, 0.2) is 229 Å². The quantitative estimate of drug-likeness (QED) is 0.112. The maximum absolute atomic E-state index is 6.63. The number of hydrogen-bond donors (Lipinski definition) is 2. The van der Waals surface area contributed by atoms with Gasteiger partial charge in [0.1, 0.15) is 5.84 Å². The summed E-state index contributed by atoms with van der Waals surface area (Å²) < 4.78 is 2.51. The minimum atomic E-state index is 0.0361. The van der Waals surface area contributed by atoms with Gasteiger partial charge >= 0.3 is 0 Å². The summed E-state index contributed by atoms with van der Waals surface area (Å²) in [4.78, 5) is 8.14. The Morgan fingerprint density at radius 3 is 2.22 bits per heavy atom. The SMILES string of the molecule is Cc1ccccc1C1=NC(c2cc(-c3ccccc3)c(N(c3ccccc3)c3ccc4c(sc5c(-c6ccccc6N)cccc54)c3C)c(C3C=CC=CC3C)c2)=CC(C2=CC=CC=C=C2)CN1. The standard InChI is InChI=1S/C63H52N4S/c1-41-21-14-16-29-49(41)56-38-46(58-39-47(44-23-8-4-5-9-24-44)40-65-63(66-58)50-30-17-15-22-42(50)2)37-55(45-25-10-6-11-26-45)60(56)67(48-27-12-7-13-28-48)59-36-35-54-53-33-20-32-52(51-31-18-19-34-57(51)64)62(53)68-61(54)43(59)3/h4-8,10-39,41,47,49H,40,64H2,1-3H3,(H,65,66). The van der Waals surface area contributed by atoms with Crippen LogP contribution in [0.4, 0.5) is 22.7 Å². The molecule has 0 saturated carbocycles. The summed E-state index contributed by atoms with van der Waals surface area (Å²) in [5, 5.41) is 6.29. The second-order valence-electron chi connectivity index (χ2n) is 18.0. The lowest BCUT2D eigenvalue weighted by atomic mass is 9.80. The normalized spacial score (nSPS) is 17.6. The molecule has 1 aliphatic heterocycles. The number of allylic oxidation sites excluding steroid dienone is 8. The van der Waals surface area contributed by atoms with Gasteiger partial charge in [-0.3, -0.25) is 0 Å². The number of hydrogen-bond acceptors (Lipinski definition) is 5. The van der Waals surface area contributed by atoms with Gasteiger partial charge in [-0.15, -0.1) is 17.1 Å². The third kappa shape index (κ3) is 7.96. The molecule has 4 nitrogen and oxygen atoms in total. The predicted octanol–water partition coefficient (Wildman–Crippen LogP) is 16.1. The summed E-state index contributed by atoms with van der Waals surface area (Å²) in [6.45, 7) is 7.50. The number of aryl methyl sites for hydroxylation is 2. The average Bonchev–Trinajstić information content (AvgIpc) is 3.50. The Morgan fingerprint density at radius 2 is 1.41 bits per heavy atom. The van der Waals surface area contributed by atoms with Crippen molar-refractivity contribution in [2.45, 2.75) is 26.7 Å². The number of fused-ring (bicyclic) bond motifs is 3. The number of nitrogens with two attached hydrogens (primary N) is 1. The molecular weight excluding hydrogens is 845 g/mol. The number of nitrogens with one attached hydrogen (secondary N) is 1. The van der Waals surface area contributed by atoms with E-state index in [1.807, 2.05) is 35.6 Å². The average molecular weight is 897 g/mol. The Kier molecular flexibility index (Phi) is 11.5. The van der Waals surface area contributed by atoms with Crippen LogP contribution in [0.1, 0.15) is 40.7 Å². The van der Waals surface area contributed by atoms with Crippen LogP contribution in [-0.2, 0) is 0 Å². The first kappa shape index (κ1) is 42.7. The van der Waals surface area contributed by atoms with Crippen molar-refractivity contribution in [1.82, 2.24) is 5.32 Å². The summed E-state index contributed by atoms with van der Waals surface area (Å²) >= 11 is 1.86. The van der Waals surface area contributed by atoms with Gasteiger partial charge in [0, 0.05) is 77.7 Å². The molecule has 3 N–H and O–H groups in total. The lowest BCUT2D eigenvalue weighted by Gasteiger charge is -2.35. The van der Waals surface area contributed by atoms with Gasteiger partial charge in [-0.1, -0.05) is 165 Å². The zero-order chi connectivity index (χ0) is 46.1. The monoisotopic (exact) mass is 896 g/mol. The second kappa shape index (κ2) is 18.4. The van der Waals surface area contributed by atoms with Crippen molar-refractivity contribution in [2.24, 2.45) is 16.8 Å². The number of nitrogens with zero attached hydrogens (tertiary/aromatic N) is 2. The van der Waals surface area contributed by atoms with Crippen LogP contribution in [0.25, 0.3) is 48.1 Å². The van der Waals surface area contributed by atoms with Gasteiger partial charge in [-0.2, -0.15) is 0 Å². The molecule has 2 heterocycles. The molecule has 0 bridgehead atoms. The van der Waals surface area contributed by atoms with E-state index in [2.05, 4.69) is 225 Å². The van der Waals surface area contributed by atoms with Crippen molar-refractivity contribution in [2.75, 3.05) is 17.2 Å². The van der Waals surface area contributed by atoms with Crippen molar-refractivity contribution in [3.05, 3.63) is 252 Å². The number of benzene rings is 7. The Hall–Kier alpha value is -7.95. The molecular formula is C63H52N4S. The molecule has 2 aliphatic carbocycles. The van der Waals surface area contributed by atoms with Crippen LogP contribution in [0, 0.1) is 25.7 Å². The number of aliphatic imine (C=N–C) groups is 1. The number of anilines is 4. The smallest absolute Gasteiger partial charge is 0.134 e. The molecule has 3 atom stereocenters. The van der Waals surface area contributed by atoms with E-state index in [0.717, 1.165) is 67.7 Å². The number of thiophene rings is 1. The fourth-order valence-corrected chi connectivity index (χ4v) is 11.4. The number of nitrogen functional groups attached to an aromatic ring is 1. The first-order chi connectivity index (χ1) is 33.4. The van der Waals surface area contributed by atoms with Crippen molar-refractivity contribution < 1.29 is 0 Å². The van der Waals surface area contributed by atoms with Crippen LogP contribution >= 0.6 is 11.3 Å². The van der Waals surface area contributed by atoms with E-state index in [1.54, 1.807) is 0 Å². The van der Waals surface area contributed by atoms with Crippen LogP contribution in [-0.4, -0.2) is 12.4 Å². The van der Waals surface area contributed by atoms with Crippen molar-refractivity contribution in [3.63, 3.8) is 0 Å². The van der Waals surface area contributed by atoms with E-state index < -0.39 is 0 Å². The highest BCUT2D eigenvalue weighted by atomic mass is 32.1. The van der Waals surface area contributed by atoms with E-state index in [-0.39, 0.29) is 17.8 Å². The minimum Gasteiger partial charge on any atom is -0.398 e. The molecule has 3 unspecified atom stereocenters. The summed E-state index contributed by atoms with van der Waals surface area (Å²) in [5.41, 5.74) is 26.6. The van der Waals surface area contributed by atoms with Gasteiger partial charge < -0.3 is 16.0 Å². The van der Waals surface area contributed by atoms with Gasteiger partial charge in [0.2, 0.25) is 0 Å². The third-order valence-corrected chi connectivity index (χ3v) is 15.0. The lowest BCUT2D eigenvalue weighted by Crippen LogP contribution is -2.29. The van der Waals surface area contributed by atoms with E-state index >= 15 is 0 Å². The number of rotatable bonds is 9. The molecule has 8 aromatic rings. The molecule has 7 aromatic carbocycles. The van der Waals surface area contributed by atoms with E-state index in [9.17, 15) is 0 Å². The van der Waals surface area contributed by atoms with Gasteiger partial charge in [0.05, 0.1) is 17.1 Å². The minimum absolute atomic E-state index is 0.0361. The molecule has 330 valence electrons. The molecule has 0 radical (unpaired) electrons. The predicted molar refractivity (Wildman–Crippen MR) is 291 cm³/mol. The maximum Gasteiger partial charge on any atom is 0.134 e. The summed E-state index contributed by atoms with van der Waals surface area (Å²) in [6.07, 6.45) is 21.9. The molecule has 11 rings (SSSR count). The van der Waals surface area contributed by atoms with Crippen LogP contribution in [0.3, 0.4) is 0 Å². The number of para-hydroxylation sites is 2. The van der Waals surface area contributed by atoms with Gasteiger partial charge in [-0.25, -0.2) is 4.99 Å². The highest BCUT2D eigenvalue weighted by Crippen LogP contribution is 2.52. The highest BCUT2D eigenvalue weighted by Gasteiger charge is 2.31. The van der Waals surface area contributed by atoms with Crippen LogP contribution < -0.4 is 16.0 Å². The molecule has 0 amide bonds. The molecule has 0 spiro atoms. The van der Waals surface area contributed by atoms with E-state index in [0.29, 0.717) is 6.54 Å². The first-order valence-corrected chi connectivity index (χ1v) is 24.4. The number of amidine groups is 1. The molecule has 1 aromatic heterocycles. The molecule has 68 heavy (non-hydrogen) atoms. The largest absolute Gasteiger partial charge is 0.398 e. The topological polar surface area (TPSA) is 53.6 Å². The fourth-order valence-electron chi connectivity index (χ4n) is 10.1. The first-order valence-electron chi connectivity index (χ1n) is 23.5. The Morgan fingerprint density at radius 1 is 0.676 bits per heavy atom. The van der Waals surface area contributed by atoms with Crippen molar-refractivity contribution in [1.29, 1.82) is 0 Å². The van der Waals surface area contributed by atoms with Gasteiger partial charge in [0.15, 0.2) is 0 Å². The zero-order valence-corrected chi connectivity index (χ0v) is 39.3. The van der Waals surface area contributed by atoms with Crippen molar-refractivity contribution >= 4 is 65.8 Å². The second-order valence-corrected chi connectivity index (χ2v) is 19.0. The summed E-state index contributed by atoms with van der Waals surface area (Å²) in [7, 11) is 0. The van der Waals surface area contributed by atoms with Crippen LogP contribution in [0.2, 0.25) is 0 Å². The van der Waals surface area contributed by atoms with Gasteiger partial charge in [0.25, 0.3) is 0 Å². The fraction of sp³-hybridized carbons (Fsp3) is 0.111. The van der Waals surface area contributed by atoms with E-state index in [1.165, 1.54) is 42.4 Å². The molecule has 3 aliphatic rings. The Labute approximate surface area is 403 Å². The third-order valence-electron chi connectivity index (χ3n) is 13.7. The van der Waals surface area contributed by atoms with Crippen LogP contribution in [0.5, 0.6) is 0 Å². The van der Waals surface area contributed by atoms with E-state index in [4.69, 9.17) is 10.7 Å². The zero-order valence-electron chi connectivity index (χ0n) is 38.5. The molecule has 0 fully saturated rings. The Balaban J connectivity index is 1.19. The highest BCUT2D eigenvalue weighted by molar-refractivity contribution is 7.26. The Bertz CT molecular complexity index is 3500. The summed E-state index contributed by atoms with van der Waals surface area (Å²) in [5.74, 6) is 1.21. The lowest BCUT2D eigenvalue weighted by molar-refractivity contribution is 0.635. The van der Waals surface area contributed by atoms with Gasteiger partial charge in [-0.05, 0) is 102 Å². The molecule has 5 heteroatoms. The van der Waals surface area contributed by atoms with Crippen molar-refractivity contribution in [3.8, 4) is 22.3 Å².